The van der Waals surface area contributed by atoms with Crippen LogP contribution < -0.4 is 0 Å². The molecule has 1 amide bonds. The molecule has 1 aliphatic rings. The van der Waals surface area contributed by atoms with E-state index in [1.165, 1.54) is 4.90 Å². The number of nitrogens with zero attached hydrogens (tertiary/aromatic N) is 1. The fourth-order valence-corrected chi connectivity index (χ4v) is 3.74. The summed E-state index contributed by atoms with van der Waals surface area (Å²) in [6, 6.07) is 0.395. The second-order valence-corrected chi connectivity index (χ2v) is 7.88. The zero-order valence-corrected chi connectivity index (χ0v) is 13.2. The lowest BCUT2D eigenvalue weighted by atomic mass is 10.1. The van der Waals surface area contributed by atoms with Crippen LogP contribution in [0.1, 0.15) is 29.6 Å². The molecule has 0 saturated carbocycles. The molecule has 0 aliphatic carbocycles. The van der Waals surface area contributed by atoms with Gasteiger partial charge in [-0.15, -0.1) is 0 Å². The van der Waals surface area contributed by atoms with E-state index in [1.807, 2.05) is 0 Å². The molecule has 1 saturated heterocycles. The normalized spacial score (nSPS) is 19.5. The van der Waals surface area contributed by atoms with Crippen LogP contribution >= 0.6 is 0 Å². The molecular formula is C14H16F3NO4S. The standard InChI is InChI=1S/C14H16F3NO4S/c1-23(21,22)8-3-2-5-18(6-4-8)14(20)9-7-10(15)12(17)13(19)11(9)16/h7-8,19H,2-6H2,1H3. The van der Waals surface area contributed by atoms with Crippen molar-refractivity contribution in [2.75, 3.05) is 19.3 Å². The topological polar surface area (TPSA) is 74.7 Å². The number of hydrogen-bond acceptors (Lipinski definition) is 4. The van der Waals surface area contributed by atoms with E-state index in [9.17, 15) is 31.5 Å². The highest BCUT2D eigenvalue weighted by molar-refractivity contribution is 7.91. The third-order valence-electron chi connectivity index (χ3n) is 3.93. The van der Waals surface area contributed by atoms with Crippen molar-refractivity contribution in [2.45, 2.75) is 24.5 Å². The van der Waals surface area contributed by atoms with Crippen LogP contribution in [0.2, 0.25) is 0 Å². The first-order valence-electron chi connectivity index (χ1n) is 6.97. The van der Waals surface area contributed by atoms with Gasteiger partial charge in [-0.25, -0.2) is 17.2 Å². The van der Waals surface area contributed by atoms with Gasteiger partial charge >= 0.3 is 0 Å². The maximum absolute atomic E-state index is 13.8. The van der Waals surface area contributed by atoms with Crippen molar-refractivity contribution < 1.29 is 31.5 Å². The van der Waals surface area contributed by atoms with E-state index in [4.69, 9.17) is 0 Å². The number of amides is 1. The summed E-state index contributed by atoms with van der Waals surface area (Å²) in [6.45, 7) is 0.222. The molecule has 23 heavy (non-hydrogen) atoms. The van der Waals surface area contributed by atoms with E-state index >= 15 is 0 Å². The fourth-order valence-electron chi connectivity index (χ4n) is 2.61. The lowest BCUT2D eigenvalue weighted by Gasteiger charge is -2.21. The first kappa shape index (κ1) is 17.6. The number of carbonyl (C=O) groups is 1. The molecule has 5 nitrogen and oxygen atoms in total. The lowest BCUT2D eigenvalue weighted by molar-refractivity contribution is 0.0755. The maximum atomic E-state index is 13.8. The van der Waals surface area contributed by atoms with Gasteiger partial charge in [0.1, 0.15) is 9.84 Å². The van der Waals surface area contributed by atoms with Crippen molar-refractivity contribution in [3.63, 3.8) is 0 Å². The summed E-state index contributed by atoms with van der Waals surface area (Å²) in [5, 5.41) is 8.59. The van der Waals surface area contributed by atoms with Gasteiger partial charge in [0.15, 0.2) is 17.4 Å². The van der Waals surface area contributed by atoms with E-state index in [-0.39, 0.29) is 19.5 Å². The highest BCUT2D eigenvalue weighted by Gasteiger charge is 2.30. The van der Waals surface area contributed by atoms with Crippen LogP contribution in [0.5, 0.6) is 5.75 Å². The molecule has 0 bridgehead atoms. The minimum absolute atomic E-state index is 0.0514. The summed E-state index contributed by atoms with van der Waals surface area (Å²) in [6.07, 6.45) is 2.05. The number of phenolic OH excluding ortho intramolecular Hbond substituents is 1. The summed E-state index contributed by atoms with van der Waals surface area (Å²) in [4.78, 5) is 13.5. The molecule has 2 rings (SSSR count). The fraction of sp³-hybridized carbons (Fsp3) is 0.500. The first-order valence-corrected chi connectivity index (χ1v) is 8.93. The molecule has 1 fully saturated rings. The van der Waals surface area contributed by atoms with Gasteiger partial charge in [-0.3, -0.25) is 4.79 Å². The van der Waals surface area contributed by atoms with E-state index in [0.717, 1.165) is 6.26 Å². The van der Waals surface area contributed by atoms with Gasteiger partial charge in [-0.05, 0) is 25.3 Å². The molecule has 0 radical (unpaired) electrons. The molecule has 0 spiro atoms. The number of carbonyl (C=O) groups excluding carboxylic acids is 1. The number of benzene rings is 1. The Balaban J connectivity index is 2.25. The molecule has 128 valence electrons. The smallest absolute Gasteiger partial charge is 0.257 e. The van der Waals surface area contributed by atoms with Crippen molar-refractivity contribution >= 4 is 15.7 Å². The van der Waals surface area contributed by atoms with Crippen LogP contribution in [-0.2, 0) is 9.84 Å². The second-order valence-electron chi connectivity index (χ2n) is 5.56. The van der Waals surface area contributed by atoms with Gasteiger partial charge < -0.3 is 10.0 Å². The number of rotatable bonds is 2. The van der Waals surface area contributed by atoms with E-state index in [1.54, 1.807) is 0 Å². The van der Waals surface area contributed by atoms with Crippen LogP contribution in [-0.4, -0.2) is 48.9 Å². The number of likely N-dealkylation sites (tertiary alicyclic amines) is 1. The molecule has 0 aromatic heterocycles. The van der Waals surface area contributed by atoms with Gasteiger partial charge in [-0.1, -0.05) is 0 Å². The Labute approximate surface area is 131 Å². The van der Waals surface area contributed by atoms with Crippen molar-refractivity contribution in [3.8, 4) is 5.75 Å². The number of hydrogen-bond donors (Lipinski definition) is 1. The predicted octanol–water partition coefficient (Wildman–Crippen LogP) is 1.85. The third kappa shape index (κ3) is 3.60. The highest BCUT2D eigenvalue weighted by Crippen LogP contribution is 2.27. The first-order chi connectivity index (χ1) is 10.6. The lowest BCUT2D eigenvalue weighted by Crippen LogP contribution is -2.33. The molecule has 1 heterocycles. The van der Waals surface area contributed by atoms with Crippen molar-refractivity contribution in [1.29, 1.82) is 0 Å². The van der Waals surface area contributed by atoms with Crippen molar-refractivity contribution in [2.24, 2.45) is 0 Å². The molecule has 1 unspecified atom stereocenters. The monoisotopic (exact) mass is 351 g/mol. The van der Waals surface area contributed by atoms with Crippen LogP contribution in [0.15, 0.2) is 6.07 Å². The van der Waals surface area contributed by atoms with Crippen LogP contribution in [0.3, 0.4) is 0 Å². The average Bonchev–Trinajstić information content (AvgIpc) is 2.74. The van der Waals surface area contributed by atoms with E-state index < -0.39 is 49.8 Å². The zero-order chi connectivity index (χ0) is 17.4. The minimum atomic E-state index is -3.25. The third-order valence-corrected chi connectivity index (χ3v) is 5.61. The number of halogens is 3. The van der Waals surface area contributed by atoms with Crippen LogP contribution in [0, 0.1) is 17.5 Å². The maximum Gasteiger partial charge on any atom is 0.257 e. The van der Waals surface area contributed by atoms with Crippen molar-refractivity contribution in [1.82, 2.24) is 4.90 Å². The summed E-state index contributed by atoms with van der Waals surface area (Å²) in [7, 11) is -3.25. The molecule has 1 atom stereocenters. The number of sulfone groups is 1. The zero-order valence-electron chi connectivity index (χ0n) is 12.4. The molecule has 1 aromatic rings. The Kier molecular flexibility index (Phi) is 4.88. The van der Waals surface area contributed by atoms with Gasteiger partial charge in [0, 0.05) is 19.3 Å². The van der Waals surface area contributed by atoms with Gasteiger partial charge in [0.2, 0.25) is 5.82 Å². The molecule has 1 aliphatic heterocycles. The largest absolute Gasteiger partial charge is 0.503 e. The van der Waals surface area contributed by atoms with Gasteiger partial charge in [0.25, 0.3) is 5.91 Å². The number of phenols is 1. The van der Waals surface area contributed by atoms with E-state index in [2.05, 4.69) is 0 Å². The van der Waals surface area contributed by atoms with Crippen LogP contribution in [0.4, 0.5) is 13.2 Å². The van der Waals surface area contributed by atoms with E-state index in [0.29, 0.717) is 18.9 Å². The van der Waals surface area contributed by atoms with Crippen molar-refractivity contribution in [3.05, 3.63) is 29.1 Å². The van der Waals surface area contributed by atoms with Crippen LogP contribution in [0.25, 0.3) is 0 Å². The Morgan fingerprint density at radius 2 is 1.87 bits per heavy atom. The number of aromatic hydroxyl groups is 1. The second kappa shape index (κ2) is 6.38. The molecular weight excluding hydrogens is 335 g/mol. The summed E-state index contributed by atoms with van der Waals surface area (Å²) in [5.74, 6) is -7.27. The summed E-state index contributed by atoms with van der Waals surface area (Å²) >= 11 is 0. The van der Waals surface area contributed by atoms with Gasteiger partial charge in [0.05, 0.1) is 10.8 Å². The minimum Gasteiger partial charge on any atom is -0.503 e. The Morgan fingerprint density at radius 1 is 1.22 bits per heavy atom. The Hall–Kier alpha value is -1.77. The molecule has 1 N–H and O–H groups in total. The quantitative estimate of drug-likeness (QED) is 0.825. The Bertz CT molecular complexity index is 736. The summed E-state index contributed by atoms with van der Waals surface area (Å²) < 4.78 is 63.3. The molecule has 1 aromatic carbocycles. The SMILES string of the molecule is CS(=O)(=O)C1CCCN(C(=O)c2cc(F)c(F)c(O)c2F)CC1. The predicted molar refractivity (Wildman–Crippen MR) is 76.4 cm³/mol. The van der Waals surface area contributed by atoms with Gasteiger partial charge in [-0.2, -0.15) is 4.39 Å². The molecule has 9 heteroatoms. The average molecular weight is 351 g/mol. The Morgan fingerprint density at radius 3 is 2.48 bits per heavy atom. The summed E-state index contributed by atoms with van der Waals surface area (Å²) in [5.41, 5.74) is -0.779. The highest BCUT2D eigenvalue weighted by atomic mass is 32.2.